The van der Waals surface area contributed by atoms with Gasteiger partial charge in [-0.15, -0.1) is 11.3 Å². The van der Waals surface area contributed by atoms with Crippen molar-refractivity contribution in [3.63, 3.8) is 0 Å². The van der Waals surface area contributed by atoms with Gasteiger partial charge in [-0.2, -0.15) is 4.98 Å². The van der Waals surface area contributed by atoms with Crippen LogP contribution in [0.4, 0.5) is 5.82 Å². The molecule has 2 aromatic heterocycles. The van der Waals surface area contributed by atoms with E-state index in [2.05, 4.69) is 55.5 Å². The van der Waals surface area contributed by atoms with E-state index in [-0.39, 0.29) is 5.28 Å². The van der Waals surface area contributed by atoms with Gasteiger partial charge < -0.3 is 11.1 Å². The lowest BCUT2D eigenvalue weighted by molar-refractivity contribution is 0.606. The average Bonchev–Trinajstić information content (AvgIpc) is 3.10. The molecule has 7 heteroatoms. The van der Waals surface area contributed by atoms with Crippen LogP contribution in [0.5, 0.6) is 0 Å². The van der Waals surface area contributed by atoms with E-state index < -0.39 is 0 Å². The zero-order valence-corrected chi connectivity index (χ0v) is 19.3. The van der Waals surface area contributed by atoms with E-state index in [1.54, 1.807) is 11.3 Å². The maximum absolute atomic E-state index is 5.96. The van der Waals surface area contributed by atoms with Crippen molar-refractivity contribution in [3.8, 4) is 0 Å². The molecule has 28 heavy (non-hydrogen) atoms. The number of halogens is 2. The van der Waals surface area contributed by atoms with E-state index >= 15 is 0 Å². The Bertz CT molecular complexity index is 883. The van der Waals surface area contributed by atoms with Crippen LogP contribution in [0.2, 0.25) is 5.28 Å². The Hall–Kier alpha value is -1.47. The second-order valence-electron chi connectivity index (χ2n) is 5.99. The molecule has 2 heterocycles. The molecule has 4 rings (SSSR count). The number of hydrogen-bond donors (Lipinski definition) is 2. The van der Waals surface area contributed by atoms with E-state index in [0.717, 1.165) is 26.9 Å². The quantitative estimate of drug-likeness (QED) is 0.319. The maximum atomic E-state index is 5.96. The summed E-state index contributed by atoms with van der Waals surface area (Å²) in [5, 5.41) is 5.55. The lowest BCUT2D eigenvalue weighted by Gasteiger charge is -2.09. The molecule has 1 unspecified atom stereocenters. The first-order valence-corrected chi connectivity index (χ1v) is 11.5. The Balaban J connectivity index is 0.000000261. The minimum absolute atomic E-state index is 0.252. The Morgan fingerprint density at radius 3 is 2.57 bits per heavy atom. The summed E-state index contributed by atoms with van der Waals surface area (Å²) in [6.45, 7) is 4.71. The summed E-state index contributed by atoms with van der Waals surface area (Å²) in [4.78, 5) is 8.49. The average molecular weight is 482 g/mol. The highest BCUT2D eigenvalue weighted by molar-refractivity contribution is 9.10. The summed E-state index contributed by atoms with van der Waals surface area (Å²) in [6, 6.07) is 10.6. The Labute approximate surface area is 184 Å². The first-order valence-electron chi connectivity index (χ1n) is 9.42. The normalized spacial score (nSPS) is 15.2. The molecule has 0 aliphatic heterocycles. The van der Waals surface area contributed by atoms with Gasteiger partial charge in [0.05, 0.1) is 9.17 Å². The first kappa shape index (κ1) is 22.8. The number of nitrogens with zero attached hydrogens (tertiary/aromatic N) is 2. The summed E-state index contributed by atoms with van der Waals surface area (Å²) in [6.07, 6.45) is 7.80. The highest BCUT2D eigenvalue weighted by atomic mass is 79.9. The van der Waals surface area contributed by atoms with Crippen LogP contribution in [-0.4, -0.2) is 16.0 Å². The van der Waals surface area contributed by atoms with Gasteiger partial charge in [0.15, 0.2) is 0 Å². The van der Waals surface area contributed by atoms with Crippen molar-refractivity contribution in [2.75, 3.05) is 5.32 Å². The van der Waals surface area contributed by atoms with E-state index in [0.29, 0.717) is 12.6 Å². The van der Waals surface area contributed by atoms with Crippen LogP contribution in [0, 0.1) is 0 Å². The molecule has 0 bridgehead atoms. The van der Waals surface area contributed by atoms with Crippen LogP contribution in [0.25, 0.3) is 10.2 Å². The molecule has 0 amide bonds. The molecule has 1 aliphatic carbocycles. The molecule has 3 aromatic rings. The first-order chi connectivity index (χ1) is 13.6. The molecule has 0 saturated carbocycles. The highest BCUT2D eigenvalue weighted by Crippen LogP contribution is 2.34. The minimum Gasteiger partial charge on any atom is -0.365 e. The van der Waals surface area contributed by atoms with Crippen molar-refractivity contribution in [3.05, 3.63) is 63.2 Å². The second-order valence-corrected chi connectivity index (χ2v) is 8.06. The molecule has 1 aromatic carbocycles. The van der Waals surface area contributed by atoms with Gasteiger partial charge in [-0.3, -0.25) is 0 Å². The largest absolute Gasteiger partial charge is 0.365 e. The van der Waals surface area contributed by atoms with Gasteiger partial charge in [0.2, 0.25) is 5.28 Å². The maximum Gasteiger partial charge on any atom is 0.225 e. The number of nitrogens with one attached hydrogen (secondary N) is 1. The molecule has 150 valence electrons. The Kier molecular flexibility index (Phi) is 9.92. The lowest BCUT2D eigenvalue weighted by Crippen LogP contribution is -2.19. The number of hydrogen-bond acceptors (Lipinski definition) is 5. The fourth-order valence-corrected chi connectivity index (χ4v) is 4.28. The fraction of sp³-hybridized carbons (Fsp3) is 0.333. The van der Waals surface area contributed by atoms with Gasteiger partial charge in [0.25, 0.3) is 0 Å². The van der Waals surface area contributed by atoms with Crippen LogP contribution in [0.1, 0.15) is 38.7 Å². The van der Waals surface area contributed by atoms with E-state index in [9.17, 15) is 0 Å². The number of anilines is 1. The highest BCUT2D eigenvalue weighted by Gasteiger charge is 2.11. The van der Waals surface area contributed by atoms with Crippen LogP contribution in [-0.2, 0) is 6.54 Å². The predicted octanol–water partition coefficient (Wildman–Crippen LogP) is 6.80. The minimum atomic E-state index is 0.252. The number of rotatable bonds is 3. The van der Waals surface area contributed by atoms with Crippen molar-refractivity contribution in [1.82, 2.24) is 9.97 Å². The van der Waals surface area contributed by atoms with Gasteiger partial charge in [0, 0.05) is 18.0 Å². The summed E-state index contributed by atoms with van der Waals surface area (Å²) < 4.78 is 1.95. The second kappa shape index (κ2) is 12.2. The van der Waals surface area contributed by atoms with Crippen molar-refractivity contribution in [1.29, 1.82) is 0 Å². The molecule has 0 radical (unpaired) electrons. The number of allylic oxidation sites excluding steroid dienone is 1. The number of fused-ring (bicyclic) bond motifs is 1. The number of aromatic nitrogens is 2. The Morgan fingerprint density at radius 2 is 1.96 bits per heavy atom. The SMILES string of the molecule is CC.Clc1nc(NCc2ccccc2)c2scc(Br)c2n1.NC1CC=CCC1. The molecule has 4 nitrogen and oxygen atoms in total. The summed E-state index contributed by atoms with van der Waals surface area (Å²) >= 11 is 11.0. The molecule has 0 spiro atoms. The third kappa shape index (κ3) is 6.85. The monoisotopic (exact) mass is 480 g/mol. The van der Waals surface area contributed by atoms with Crippen LogP contribution in [0.3, 0.4) is 0 Å². The fourth-order valence-electron chi connectivity index (χ4n) is 2.58. The van der Waals surface area contributed by atoms with Gasteiger partial charge in [-0.25, -0.2) is 4.98 Å². The van der Waals surface area contributed by atoms with Crippen LogP contribution >= 0.6 is 38.9 Å². The van der Waals surface area contributed by atoms with Crippen molar-refractivity contribution in [2.45, 2.75) is 45.7 Å². The smallest absolute Gasteiger partial charge is 0.225 e. The lowest BCUT2D eigenvalue weighted by atomic mass is 10.0. The number of nitrogens with two attached hydrogens (primary N) is 1. The van der Waals surface area contributed by atoms with Crippen molar-refractivity contribution >= 4 is 54.9 Å². The van der Waals surface area contributed by atoms with Crippen molar-refractivity contribution < 1.29 is 0 Å². The summed E-state index contributed by atoms with van der Waals surface area (Å²) in [5.74, 6) is 0.773. The molecule has 3 N–H and O–H groups in total. The van der Waals surface area contributed by atoms with Gasteiger partial charge in [-0.1, -0.05) is 56.3 Å². The van der Waals surface area contributed by atoms with E-state index in [1.165, 1.54) is 18.4 Å². The van der Waals surface area contributed by atoms with Gasteiger partial charge in [0.1, 0.15) is 11.3 Å². The van der Waals surface area contributed by atoms with E-state index in [4.69, 9.17) is 17.3 Å². The molecular weight excluding hydrogens is 456 g/mol. The topological polar surface area (TPSA) is 63.8 Å². The molecule has 1 atom stereocenters. The number of benzene rings is 1. The van der Waals surface area contributed by atoms with Crippen LogP contribution < -0.4 is 11.1 Å². The Morgan fingerprint density at radius 1 is 1.21 bits per heavy atom. The van der Waals surface area contributed by atoms with E-state index in [1.807, 2.05) is 37.4 Å². The van der Waals surface area contributed by atoms with Gasteiger partial charge >= 0.3 is 0 Å². The standard InChI is InChI=1S/C13H9BrClN3S.C6H11N.C2H6/c14-9-7-19-11-10(9)17-13(15)18-12(11)16-6-8-4-2-1-3-5-8;7-6-4-2-1-3-5-6;1-2/h1-5,7H,6H2,(H,16,17,18);1-2,6H,3-5,7H2;1-2H3. The van der Waals surface area contributed by atoms with Gasteiger partial charge in [-0.05, 0) is 52.4 Å². The summed E-state index contributed by atoms with van der Waals surface area (Å²) in [5.41, 5.74) is 7.63. The van der Waals surface area contributed by atoms with Crippen LogP contribution in [0.15, 0.2) is 52.3 Å². The molecule has 0 fully saturated rings. The predicted molar refractivity (Wildman–Crippen MR) is 126 cm³/mol. The molecule has 0 saturated heterocycles. The zero-order valence-electron chi connectivity index (χ0n) is 16.2. The third-order valence-corrected chi connectivity index (χ3v) is 6.01. The third-order valence-electron chi connectivity index (χ3n) is 3.96. The molecular formula is C21H26BrClN4S. The van der Waals surface area contributed by atoms with Crippen molar-refractivity contribution in [2.24, 2.45) is 5.73 Å². The zero-order chi connectivity index (χ0) is 20.4. The molecule has 1 aliphatic rings. The summed E-state index contributed by atoms with van der Waals surface area (Å²) in [7, 11) is 0. The number of thiophene rings is 1.